The molecule has 4 rings (SSSR count). The predicted octanol–water partition coefficient (Wildman–Crippen LogP) is 3.73. The molecular weight excluding hydrogens is 736 g/mol. The second-order valence-electron chi connectivity index (χ2n) is 13.7. The van der Waals surface area contributed by atoms with Crippen molar-refractivity contribution in [2.24, 2.45) is 0 Å². The summed E-state index contributed by atoms with van der Waals surface area (Å²) in [5, 5.41) is 1.05. The van der Waals surface area contributed by atoms with Crippen molar-refractivity contribution in [1.29, 1.82) is 0 Å². The SMILES string of the molecule is CCCCc1nc2c([nH]1)c(N)nc1ccc(N3CCN(CCOCCOCCOCCOCCOCCOCCOCCOCCOCCOCCC)CC3)cc12. The Labute approximate surface area is 339 Å². The summed E-state index contributed by atoms with van der Waals surface area (Å²) < 4.78 is 55.4. The van der Waals surface area contributed by atoms with Gasteiger partial charge >= 0.3 is 0 Å². The third kappa shape index (κ3) is 19.3. The number of hydrogen-bond donors (Lipinski definition) is 2. The van der Waals surface area contributed by atoms with Crippen molar-refractivity contribution < 1.29 is 47.4 Å². The van der Waals surface area contributed by atoms with E-state index in [0.29, 0.717) is 131 Å². The van der Waals surface area contributed by atoms with Gasteiger partial charge in [0.2, 0.25) is 0 Å². The van der Waals surface area contributed by atoms with Crippen molar-refractivity contribution in [3.8, 4) is 0 Å². The Hall–Kier alpha value is -2.74. The van der Waals surface area contributed by atoms with E-state index >= 15 is 0 Å². The Balaban J connectivity index is 0.867. The molecule has 1 aliphatic rings. The van der Waals surface area contributed by atoms with Crippen LogP contribution in [0.4, 0.5) is 11.5 Å². The number of aromatic nitrogens is 3. The van der Waals surface area contributed by atoms with Gasteiger partial charge in [0.25, 0.3) is 0 Å². The molecule has 0 radical (unpaired) electrons. The first-order valence-corrected chi connectivity index (χ1v) is 21.0. The number of nitrogens with zero attached hydrogens (tertiary/aromatic N) is 4. The van der Waals surface area contributed by atoms with Crippen molar-refractivity contribution in [2.45, 2.75) is 39.5 Å². The van der Waals surface area contributed by atoms with Crippen molar-refractivity contribution in [3.63, 3.8) is 0 Å². The average Bonchev–Trinajstić information content (AvgIpc) is 3.68. The Bertz CT molecular complexity index is 1440. The summed E-state index contributed by atoms with van der Waals surface area (Å²) in [5.41, 5.74) is 10.1. The predicted molar refractivity (Wildman–Crippen MR) is 222 cm³/mol. The molecule has 0 atom stereocenters. The summed E-state index contributed by atoms with van der Waals surface area (Å²) >= 11 is 0. The van der Waals surface area contributed by atoms with Gasteiger partial charge in [-0.25, -0.2) is 9.97 Å². The molecule has 1 aliphatic heterocycles. The van der Waals surface area contributed by atoms with Crippen LogP contribution in [-0.4, -0.2) is 185 Å². The molecule has 0 bridgehead atoms. The van der Waals surface area contributed by atoms with Crippen molar-refractivity contribution in [2.75, 3.05) is 175 Å². The third-order valence-electron chi connectivity index (χ3n) is 9.24. The van der Waals surface area contributed by atoms with E-state index < -0.39 is 0 Å². The number of aromatic amines is 1. The highest BCUT2D eigenvalue weighted by atomic mass is 16.6. The molecule has 324 valence electrons. The first-order chi connectivity index (χ1) is 28.2. The van der Waals surface area contributed by atoms with Gasteiger partial charge in [0.1, 0.15) is 22.7 Å². The number of aryl methyl sites for hydroxylation is 1. The van der Waals surface area contributed by atoms with E-state index in [2.05, 4.69) is 51.8 Å². The van der Waals surface area contributed by atoms with Crippen LogP contribution in [0.5, 0.6) is 0 Å². The van der Waals surface area contributed by atoms with E-state index in [-0.39, 0.29) is 0 Å². The summed E-state index contributed by atoms with van der Waals surface area (Å²) in [6.45, 7) is 20.3. The van der Waals surface area contributed by atoms with E-state index in [1.54, 1.807) is 0 Å². The molecule has 0 amide bonds. The molecule has 0 saturated carbocycles. The number of hydrogen-bond acceptors (Lipinski definition) is 15. The van der Waals surface area contributed by atoms with Crippen LogP contribution in [0.2, 0.25) is 0 Å². The number of H-pyrrole nitrogens is 1. The van der Waals surface area contributed by atoms with Gasteiger partial charge in [-0.2, -0.15) is 0 Å². The Kier molecular flexibility index (Phi) is 25.0. The van der Waals surface area contributed by atoms with Crippen molar-refractivity contribution >= 4 is 33.4 Å². The van der Waals surface area contributed by atoms with Gasteiger partial charge in [-0.3, -0.25) is 4.90 Å². The normalized spacial score (nSPS) is 13.8. The highest BCUT2D eigenvalue weighted by Gasteiger charge is 2.19. The molecule has 57 heavy (non-hydrogen) atoms. The summed E-state index contributed by atoms with van der Waals surface area (Å²) in [4.78, 5) is 17.8. The minimum atomic E-state index is 0.505. The molecule has 3 aromatic rings. The number of rotatable bonds is 36. The highest BCUT2D eigenvalue weighted by Crippen LogP contribution is 2.30. The molecule has 1 fully saturated rings. The fraction of sp³-hybridized carbons (Fsp3) is 0.756. The molecule has 3 heterocycles. The fourth-order valence-corrected chi connectivity index (χ4v) is 6.11. The maximum absolute atomic E-state index is 6.27. The molecule has 0 unspecified atom stereocenters. The Morgan fingerprint density at radius 3 is 1.47 bits per heavy atom. The summed E-state index contributed by atoms with van der Waals surface area (Å²) in [7, 11) is 0. The second kappa shape index (κ2) is 30.3. The number of benzene rings is 1. The number of piperazine rings is 1. The maximum atomic E-state index is 6.27. The highest BCUT2D eigenvalue weighted by molar-refractivity contribution is 6.07. The van der Waals surface area contributed by atoms with Crippen LogP contribution in [0, 0.1) is 0 Å². The number of unbranched alkanes of at least 4 members (excludes halogenated alkanes) is 1. The molecular formula is C41H70N6O10. The van der Waals surface area contributed by atoms with Gasteiger partial charge < -0.3 is 63.0 Å². The number of pyridine rings is 1. The molecule has 2 aromatic heterocycles. The lowest BCUT2D eigenvalue weighted by atomic mass is 10.1. The van der Waals surface area contributed by atoms with Crippen molar-refractivity contribution in [3.05, 3.63) is 24.0 Å². The molecule has 0 spiro atoms. The third-order valence-corrected chi connectivity index (χ3v) is 9.24. The lowest BCUT2D eigenvalue weighted by molar-refractivity contribution is -0.0266. The summed E-state index contributed by atoms with van der Waals surface area (Å²) in [5.74, 6) is 1.48. The molecule has 0 aliphatic carbocycles. The van der Waals surface area contributed by atoms with Crippen LogP contribution >= 0.6 is 0 Å². The van der Waals surface area contributed by atoms with Crippen LogP contribution < -0.4 is 10.6 Å². The fourth-order valence-electron chi connectivity index (χ4n) is 6.11. The molecule has 1 saturated heterocycles. The summed E-state index contributed by atoms with van der Waals surface area (Å²) in [6, 6.07) is 6.42. The quantitative estimate of drug-likeness (QED) is 0.0816. The molecule has 16 heteroatoms. The van der Waals surface area contributed by atoms with Gasteiger partial charge in [0.05, 0.1) is 131 Å². The van der Waals surface area contributed by atoms with Crippen LogP contribution in [0.1, 0.15) is 38.9 Å². The Morgan fingerprint density at radius 2 is 1.02 bits per heavy atom. The van der Waals surface area contributed by atoms with Gasteiger partial charge in [0, 0.05) is 56.8 Å². The van der Waals surface area contributed by atoms with Crippen LogP contribution in [-0.2, 0) is 53.8 Å². The topological polar surface area (TPSA) is 166 Å². The van der Waals surface area contributed by atoms with Gasteiger partial charge in [-0.1, -0.05) is 20.3 Å². The molecule has 3 N–H and O–H groups in total. The van der Waals surface area contributed by atoms with E-state index in [4.69, 9.17) is 58.1 Å². The van der Waals surface area contributed by atoms with Crippen LogP contribution in [0.15, 0.2) is 18.2 Å². The average molecular weight is 807 g/mol. The standard InChI is InChI=1S/C41H70N6O10/c1-3-5-6-38-44-39-36-34-35(7-8-37(36)43-41(42)40(39)45-38)47-11-9-46(10-12-47)13-15-49-17-19-51-21-23-53-25-27-55-29-31-57-33-32-56-30-28-54-26-24-52-22-20-50-18-16-48-14-4-2/h7-8,34H,3-6,9-33H2,1-2H3,(H2,42,43)(H,44,45). The minimum Gasteiger partial charge on any atom is -0.382 e. The van der Waals surface area contributed by atoms with E-state index in [0.717, 1.165) is 92.8 Å². The molecule has 16 nitrogen and oxygen atoms in total. The van der Waals surface area contributed by atoms with Gasteiger partial charge in [-0.05, 0) is 31.0 Å². The number of nitrogen functional groups attached to an aromatic ring is 1. The number of ether oxygens (including phenoxy) is 10. The smallest absolute Gasteiger partial charge is 0.150 e. The van der Waals surface area contributed by atoms with Crippen LogP contribution in [0.3, 0.4) is 0 Å². The number of fused-ring (bicyclic) bond motifs is 3. The van der Waals surface area contributed by atoms with Crippen molar-refractivity contribution in [1.82, 2.24) is 19.9 Å². The van der Waals surface area contributed by atoms with E-state index in [1.807, 2.05) is 0 Å². The number of nitrogens with one attached hydrogen (secondary N) is 1. The first-order valence-electron chi connectivity index (χ1n) is 21.0. The van der Waals surface area contributed by atoms with Gasteiger partial charge in [-0.15, -0.1) is 0 Å². The van der Waals surface area contributed by atoms with E-state index in [9.17, 15) is 0 Å². The maximum Gasteiger partial charge on any atom is 0.150 e. The monoisotopic (exact) mass is 807 g/mol. The number of imidazole rings is 1. The number of anilines is 2. The lowest BCUT2D eigenvalue weighted by Crippen LogP contribution is -2.47. The largest absolute Gasteiger partial charge is 0.382 e. The van der Waals surface area contributed by atoms with Gasteiger partial charge in [0.15, 0.2) is 0 Å². The van der Waals surface area contributed by atoms with E-state index in [1.165, 1.54) is 5.69 Å². The zero-order valence-electron chi connectivity index (χ0n) is 34.7. The Morgan fingerprint density at radius 1 is 0.561 bits per heavy atom. The lowest BCUT2D eigenvalue weighted by Gasteiger charge is -2.36. The first kappa shape index (κ1) is 46.9. The molecule has 1 aromatic carbocycles. The summed E-state index contributed by atoms with van der Waals surface area (Å²) in [6.07, 6.45) is 4.15. The zero-order valence-corrected chi connectivity index (χ0v) is 34.7. The minimum absolute atomic E-state index is 0.505. The second-order valence-corrected chi connectivity index (χ2v) is 13.7. The zero-order chi connectivity index (χ0) is 40.0. The number of nitrogens with two attached hydrogens (primary N) is 1. The van der Waals surface area contributed by atoms with Crippen LogP contribution in [0.25, 0.3) is 21.9 Å².